The maximum absolute atomic E-state index is 12.0. The summed E-state index contributed by atoms with van der Waals surface area (Å²) >= 11 is 1.12. The van der Waals surface area contributed by atoms with Gasteiger partial charge in [-0.2, -0.15) is 0 Å². The molecule has 0 aliphatic rings. The first kappa shape index (κ1) is 16.3. The van der Waals surface area contributed by atoms with E-state index in [1.807, 2.05) is 20.8 Å². The van der Waals surface area contributed by atoms with Crippen LogP contribution in [0.1, 0.15) is 26.5 Å². The van der Waals surface area contributed by atoms with Crippen molar-refractivity contribution in [1.82, 2.24) is 15.4 Å². The summed E-state index contributed by atoms with van der Waals surface area (Å²) < 4.78 is 15.7. The molecule has 0 spiro atoms. The summed E-state index contributed by atoms with van der Waals surface area (Å²) in [7, 11) is 0. The zero-order chi connectivity index (χ0) is 17.2. The van der Waals surface area contributed by atoms with Crippen LogP contribution >= 0.6 is 11.8 Å². The molecule has 126 valence electrons. The smallest absolute Gasteiger partial charge is 0.284 e. The topological polar surface area (TPSA) is 107 Å². The lowest BCUT2D eigenvalue weighted by Gasteiger charge is -2.12. The number of furan rings is 1. The number of carbonyl (C=O) groups is 1. The number of anilines is 1. The van der Waals surface area contributed by atoms with E-state index in [2.05, 4.69) is 20.7 Å². The average Bonchev–Trinajstić information content (AvgIpc) is 3.25. The van der Waals surface area contributed by atoms with Crippen molar-refractivity contribution < 1.29 is 18.2 Å². The molecule has 0 unspecified atom stereocenters. The van der Waals surface area contributed by atoms with Crippen LogP contribution in [0.5, 0.6) is 0 Å². The Hall–Kier alpha value is -2.55. The second-order valence-electron chi connectivity index (χ2n) is 6.01. The number of nitrogens with one attached hydrogen (secondary N) is 1. The van der Waals surface area contributed by atoms with Crippen molar-refractivity contribution in [1.29, 1.82) is 0 Å². The Bertz CT molecular complexity index is 817. The fourth-order valence-corrected chi connectivity index (χ4v) is 2.32. The highest BCUT2D eigenvalue weighted by molar-refractivity contribution is 7.99. The highest BCUT2D eigenvalue weighted by Gasteiger charge is 2.20. The molecule has 8 nitrogen and oxygen atoms in total. The molecule has 3 aromatic heterocycles. The molecule has 0 saturated carbocycles. The number of aromatic nitrogens is 3. The summed E-state index contributed by atoms with van der Waals surface area (Å²) in [6.07, 6.45) is 1.52. The van der Waals surface area contributed by atoms with Crippen LogP contribution in [0.2, 0.25) is 0 Å². The maximum atomic E-state index is 12.0. The molecule has 0 radical (unpaired) electrons. The Kier molecular flexibility index (Phi) is 4.43. The lowest BCUT2D eigenvalue weighted by atomic mass is 9.92. The van der Waals surface area contributed by atoms with E-state index < -0.39 is 0 Å². The zero-order valence-electron chi connectivity index (χ0n) is 13.4. The van der Waals surface area contributed by atoms with Crippen molar-refractivity contribution in [3.63, 3.8) is 0 Å². The highest BCUT2D eigenvalue weighted by Crippen LogP contribution is 2.25. The minimum atomic E-state index is -0.255. The van der Waals surface area contributed by atoms with Crippen molar-refractivity contribution in [2.45, 2.75) is 31.4 Å². The second kappa shape index (κ2) is 6.52. The van der Waals surface area contributed by atoms with Gasteiger partial charge in [0, 0.05) is 11.5 Å². The Balaban J connectivity index is 1.53. The molecule has 24 heavy (non-hydrogen) atoms. The van der Waals surface area contributed by atoms with Gasteiger partial charge in [-0.1, -0.05) is 37.7 Å². The van der Waals surface area contributed by atoms with Crippen molar-refractivity contribution in [3.05, 3.63) is 30.2 Å². The van der Waals surface area contributed by atoms with Gasteiger partial charge in [0.25, 0.3) is 11.1 Å². The molecule has 3 rings (SSSR count). The predicted octanol–water partition coefficient (Wildman–Crippen LogP) is 3.35. The lowest BCUT2D eigenvalue weighted by molar-refractivity contribution is -0.113. The molecular formula is C15H16N4O4S. The Morgan fingerprint density at radius 3 is 2.83 bits per heavy atom. The van der Waals surface area contributed by atoms with Gasteiger partial charge >= 0.3 is 0 Å². The number of amides is 1. The number of thioether (sulfide) groups is 1. The van der Waals surface area contributed by atoms with E-state index in [9.17, 15) is 4.79 Å². The molecule has 3 heterocycles. The molecule has 1 amide bonds. The molecule has 0 aliphatic carbocycles. The quantitative estimate of drug-likeness (QED) is 0.700. The third-order valence-corrected chi connectivity index (χ3v) is 3.82. The summed E-state index contributed by atoms with van der Waals surface area (Å²) in [4.78, 5) is 12.0. The molecule has 0 aliphatic heterocycles. The van der Waals surface area contributed by atoms with Gasteiger partial charge in [-0.05, 0) is 12.1 Å². The van der Waals surface area contributed by atoms with Gasteiger partial charge in [0.1, 0.15) is 0 Å². The molecule has 9 heteroatoms. The SMILES string of the molecule is CC(C)(C)c1cc(NC(=O)CSc2nnc(-c3ccco3)o2)on1. The average molecular weight is 348 g/mol. The fourth-order valence-electron chi connectivity index (χ4n) is 1.76. The number of carbonyl (C=O) groups excluding carboxylic acids is 1. The first-order valence-corrected chi connectivity index (χ1v) is 8.17. The molecule has 0 fully saturated rings. The fraction of sp³-hybridized carbons (Fsp3) is 0.333. The minimum absolute atomic E-state index is 0.103. The molecule has 1 N–H and O–H groups in total. The molecule has 0 saturated heterocycles. The van der Waals surface area contributed by atoms with E-state index in [-0.39, 0.29) is 28.2 Å². The Morgan fingerprint density at radius 1 is 1.33 bits per heavy atom. The van der Waals surface area contributed by atoms with Crippen LogP contribution < -0.4 is 5.32 Å². The Labute approximate surface area is 142 Å². The molecule has 0 atom stereocenters. The summed E-state index contributed by atoms with van der Waals surface area (Å²) in [5.41, 5.74) is 0.623. The van der Waals surface area contributed by atoms with E-state index in [0.29, 0.717) is 11.6 Å². The largest absolute Gasteiger partial charge is 0.459 e. The maximum Gasteiger partial charge on any atom is 0.284 e. The van der Waals surface area contributed by atoms with Gasteiger partial charge in [0.05, 0.1) is 17.7 Å². The van der Waals surface area contributed by atoms with Gasteiger partial charge in [0.2, 0.25) is 11.8 Å². The minimum Gasteiger partial charge on any atom is -0.459 e. The zero-order valence-corrected chi connectivity index (χ0v) is 14.2. The summed E-state index contributed by atoms with van der Waals surface area (Å²) in [5, 5.41) is 14.6. The first-order valence-electron chi connectivity index (χ1n) is 7.19. The lowest BCUT2D eigenvalue weighted by Crippen LogP contribution is -2.14. The predicted molar refractivity (Wildman–Crippen MR) is 86.6 cm³/mol. The molecule has 0 aromatic carbocycles. The number of hydrogen-bond donors (Lipinski definition) is 1. The normalized spacial score (nSPS) is 11.6. The van der Waals surface area contributed by atoms with Crippen LogP contribution in [0.25, 0.3) is 11.7 Å². The van der Waals surface area contributed by atoms with Crippen molar-refractivity contribution in [2.75, 3.05) is 11.1 Å². The van der Waals surface area contributed by atoms with Gasteiger partial charge < -0.3 is 13.4 Å². The van der Waals surface area contributed by atoms with Gasteiger partial charge in [-0.3, -0.25) is 10.1 Å². The van der Waals surface area contributed by atoms with E-state index in [4.69, 9.17) is 13.4 Å². The van der Waals surface area contributed by atoms with Crippen molar-refractivity contribution in [2.24, 2.45) is 0 Å². The summed E-state index contributed by atoms with van der Waals surface area (Å²) in [6.45, 7) is 6.04. The number of hydrogen-bond acceptors (Lipinski definition) is 8. The van der Waals surface area contributed by atoms with Crippen LogP contribution in [0, 0.1) is 0 Å². The molecule has 3 aromatic rings. The van der Waals surface area contributed by atoms with E-state index in [0.717, 1.165) is 17.5 Å². The highest BCUT2D eigenvalue weighted by atomic mass is 32.2. The van der Waals surface area contributed by atoms with Gasteiger partial charge in [0.15, 0.2) is 5.76 Å². The van der Waals surface area contributed by atoms with Crippen molar-refractivity contribution >= 4 is 23.6 Å². The molecular weight excluding hydrogens is 332 g/mol. The van der Waals surface area contributed by atoms with E-state index in [1.54, 1.807) is 18.2 Å². The molecule has 0 bridgehead atoms. The second-order valence-corrected chi connectivity index (χ2v) is 6.94. The third-order valence-electron chi connectivity index (χ3n) is 3.01. The van der Waals surface area contributed by atoms with Gasteiger partial charge in [-0.15, -0.1) is 10.2 Å². The number of rotatable bonds is 5. The van der Waals surface area contributed by atoms with E-state index >= 15 is 0 Å². The van der Waals surface area contributed by atoms with Crippen LogP contribution in [-0.4, -0.2) is 27.0 Å². The number of nitrogens with zero attached hydrogens (tertiary/aromatic N) is 3. The van der Waals surface area contributed by atoms with Crippen LogP contribution in [0.15, 0.2) is 43.0 Å². The standard InChI is InChI=1S/C15H16N4O4S/c1-15(2,3)10-7-12(23-19-10)16-11(20)8-24-14-18-17-13(22-14)9-5-4-6-21-9/h4-7H,8H2,1-3H3,(H,16,20). The first-order chi connectivity index (χ1) is 11.4. The van der Waals surface area contributed by atoms with Crippen molar-refractivity contribution in [3.8, 4) is 11.7 Å². The van der Waals surface area contributed by atoms with E-state index in [1.165, 1.54) is 6.26 Å². The van der Waals surface area contributed by atoms with Gasteiger partial charge in [-0.25, -0.2) is 0 Å². The summed E-state index contributed by atoms with van der Waals surface area (Å²) in [5.74, 6) is 0.913. The van der Waals surface area contributed by atoms with Crippen LogP contribution in [0.3, 0.4) is 0 Å². The van der Waals surface area contributed by atoms with Crippen LogP contribution in [0.4, 0.5) is 5.88 Å². The monoisotopic (exact) mass is 348 g/mol. The Morgan fingerprint density at radius 2 is 2.17 bits per heavy atom. The summed E-state index contributed by atoms with van der Waals surface area (Å²) in [6, 6.07) is 5.15. The van der Waals surface area contributed by atoms with Crippen LogP contribution in [-0.2, 0) is 10.2 Å². The third kappa shape index (κ3) is 3.85.